The number of hydrogen-bond acceptors (Lipinski definition) is 5. The molecule has 170 valence electrons. The fraction of sp³-hybridized carbons (Fsp3) is 0.292. The van der Waals surface area contributed by atoms with Crippen LogP contribution in [0.5, 0.6) is 0 Å². The summed E-state index contributed by atoms with van der Waals surface area (Å²) in [6.07, 6.45) is 4.73. The fourth-order valence-electron chi connectivity index (χ4n) is 4.36. The summed E-state index contributed by atoms with van der Waals surface area (Å²) >= 11 is 0. The van der Waals surface area contributed by atoms with Crippen LogP contribution < -0.4 is 11.1 Å². The van der Waals surface area contributed by atoms with E-state index in [0.717, 1.165) is 31.7 Å². The number of hydrogen-bond donors (Lipinski definition) is 2. The lowest BCUT2D eigenvalue weighted by Gasteiger charge is -2.28. The van der Waals surface area contributed by atoms with Crippen molar-refractivity contribution in [2.45, 2.75) is 44.3 Å². The molecule has 0 amide bonds. The molecule has 1 aliphatic carbocycles. The molecule has 1 saturated carbocycles. The number of fused-ring (bicyclic) bond motifs is 1. The Morgan fingerprint density at radius 3 is 2.48 bits per heavy atom. The first-order valence-corrected chi connectivity index (χ1v) is 10.9. The number of benzene rings is 2. The second-order valence-corrected chi connectivity index (χ2v) is 8.32. The first kappa shape index (κ1) is 21.4. The van der Waals surface area contributed by atoms with Gasteiger partial charge in [-0.2, -0.15) is 4.98 Å². The third kappa shape index (κ3) is 4.16. The van der Waals surface area contributed by atoms with E-state index in [0.29, 0.717) is 28.5 Å². The number of imidazole rings is 1. The van der Waals surface area contributed by atoms with Crippen LogP contribution in [-0.4, -0.2) is 25.6 Å². The van der Waals surface area contributed by atoms with Gasteiger partial charge < -0.3 is 15.6 Å². The van der Waals surface area contributed by atoms with Crippen molar-refractivity contribution in [3.05, 3.63) is 71.7 Å². The van der Waals surface area contributed by atoms with E-state index in [2.05, 4.69) is 20.3 Å². The molecule has 1 aliphatic rings. The molecule has 0 unspecified atom stereocenters. The standard InChI is InChI=1S/C24H23F3N6/c25-18-6-2-1-4-14(18)12-29-24-30-13-20-23(32-24)33(16-10-8-15(28)9-11-16)22(31-20)17-5-3-7-19(26)21(17)27/h1-7,13,15-16H,8-12,28H2,(H,29,30,32). The van der Waals surface area contributed by atoms with Crippen molar-refractivity contribution in [2.24, 2.45) is 5.73 Å². The van der Waals surface area contributed by atoms with Crippen LogP contribution in [0.3, 0.4) is 0 Å². The summed E-state index contributed by atoms with van der Waals surface area (Å²) < 4.78 is 44.6. The molecular formula is C24H23F3N6. The quantitative estimate of drug-likeness (QED) is 0.447. The molecule has 0 radical (unpaired) electrons. The number of nitrogens with one attached hydrogen (secondary N) is 1. The average molecular weight is 452 g/mol. The van der Waals surface area contributed by atoms with Gasteiger partial charge in [-0.05, 0) is 43.9 Å². The molecule has 6 nitrogen and oxygen atoms in total. The summed E-state index contributed by atoms with van der Waals surface area (Å²) in [6.45, 7) is 0.204. The maximum absolute atomic E-state index is 14.7. The number of halogens is 3. The average Bonchev–Trinajstić information content (AvgIpc) is 3.19. The van der Waals surface area contributed by atoms with E-state index in [-0.39, 0.29) is 30.0 Å². The van der Waals surface area contributed by atoms with Gasteiger partial charge in [0.25, 0.3) is 0 Å². The van der Waals surface area contributed by atoms with E-state index >= 15 is 0 Å². The second-order valence-electron chi connectivity index (χ2n) is 8.32. The van der Waals surface area contributed by atoms with Gasteiger partial charge in [0, 0.05) is 24.2 Å². The summed E-state index contributed by atoms with van der Waals surface area (Å²) in [5.74, 6) is -1.60. The van der Waals surface area contributed by atoms with E-state index in [9.17, 15) is 13.2 Å². The Labute approximate surface area is 188 Å². The maximum Gasteiger partial charge on any atom is 0.225 e. The summed E-state index contributed by atoms with van der Waals surface area (Å²) in [4.78, 5) is 13.5. The van der Waals surface area contributed by atoms with Crippen LogP contribution in [0.4, 0.5) is 19.1 Å². The molecule has 0 aliphatic heterocycles. The molecule has 4 aromatic rings. The summed E-state index contributed by atoms with van der Waals surface area (Å²) in [5.41, 5.74) is 7.63. The molecule has 3 N–H and O–H groups in total. The molecule has 5 rings (SSSR count). The summed E-state index contributed by atoms with van der Waals surface area (Å²) in [7, 11) is 0. The topological polar surface area (TPSA) is 81.7 Å². The highest BCUT2D eigenvalue weighted by Crippen LogP contribution is 2.36. The zero-order valence-electron chi connectivity index (χ0n) is 17.8. The van der Waals surface area contributed by atoms with Crippen molar-refractivity contribution in [3.8, 4) is 11.4 Å². The number of nitrogens with two attached hydrogens (primary N) is 1. The van der Waals surface area contributed by atoms with Crippen LogP contribution in [0, 0.1) is 17.5 Å². The zero-order valence-corrected chi connectivity index (χ0v) is 17.8. The monoisotopic (exact) mass is 452 g/mol. The van der Waals surface area contributed by atoms with Crippen molar-refractivity contribution in [1.29, 1.82) is 0 Å². The Kier molecular flexibility index (Phi) is 5.72. The molecule has 2 heterocycles. The molecule has 0 spiro atoms. The Balaban J connectivity index is 1.57. The number of aromatic nitrogens is 4. The van der Waals surface area contributed by atoms with Crippen LogP contribution >= 0.6 is 0 Å². The first-order valence-electron chi connectivity index (χ1n) is 10.9. The Morgan fingerprint density at radius 1 is 0.939 bits per heavy atom. The van der Waals surface area contributed by atoms with Gasteiger partial charge in [0.1, 0.15) is 17.2 Å². The molecule has 2 aromatic carbocycles. The lowest BCUT2D eigenvalue weighted by Crippen LogP contribution is -2.28. The molecule has 0 bridgehead atoms. The van der Waals surface area contributed by atoms with E-state index in [1.54, 1.807) is 18.2 Å². The second kappa shape index (κ2) is 8.82. The van der Waals surface area contributed by atoms with Crippen molar-refractivity contribution in [1.82, 2.24) is 19.5 Å². The minimum absolute atomic E-state index is 0.0122. The van der Waals surface area contributed by atoms with Crippen molar-refractivity contribution >= 4 is 17.1 Å². The lowest BCUT2D eigenvalue weighted by atomic mass is 9.91. The lowest BCUT2D eigenvalue weighted by molar-refractivity contribution is 0.329. The molecule has 0 atom stereocenters. The van der Waals surface area contributed by atoms with Gasteiger partial charge >= 0.3 is 0 Å². The Morgan fingerprint density at radius 2 is 1.70 bits per heavy atom. The van der Waals surface area contributed by atoms with Crippen LogP contribution in [0.25, 0.3) is 22.6 Å². The van der Waals surface area contributed by atoms with E-state index < -0.39 is 11.6 Å². The number of nitrogens with zero attached hydrogens (tertiary/aromatic N) is 4. The maximum atomic E-state index is 14.7. The predicted molar refractivity (Wildman–Crippen MR) is 120 cm³/mol. The molecule has 1 fully saturated rings. The normalized spacial score (nSPS) is 18.5. The molecule has 33 heavy (non-hydrogen) atoms. The SMILES string of the molecule is NC1CCC(n2c(-c3cccc(F)c3F)nc3cnc(NCc4ccccc4F)nc32)CC1. The third-order valence-corrected chi connectivity index (χ3v) is 6.13. The number of anilines is 1. The fourth-order valence-corrected chi connectivity index (χ4v) is 4.36. The van der Waals surface area contributed by atoms with Crippen LogP contribution in [-0.2, 0) is 6.54 Å². The highest BCUT2D eigenvalue weighted by molar-refractivity contribution is 5.78. The predicted octanol–water partition coefficient (Wildman–Crippen LogP) is 4.97. The van der Waals surface area contributed by atoms with Gasteiger partial charge in [-0.25, -0.2) is 23.1 Å². The summed E-state index contributed by atoms with van der Waals surface area (Å²) in [6, 6.07) is 10.6. The van der Waals surface area contributed by atoms with Crippen LogP contribution in [0.1, 0.15) is 37.3 Å². The van der Waals surface area contributed by atoms with E-state index in [4.69, 9.17) is 5.73 Å². The first-order chi connectivity index (χ1) is 16.0. The van der Waals surface area contributed by atoms with Gasteiger partial charge in [-0.15, -0.1) is 0 Å². The highest BCUT2D eigenvalue weighted by Gasteiger charge is 2.27. The zero-order chi connectivity index (χ0) is 22.9. The van der Waals surface area contributed by atoms with Crippen LogP contribution in [0.15, 0.2) is 48.7 Å². The Bertz CT molecular complexity index is 1300. The Hall–Kier alpha value is -3.46. The van der Waals surface area contributed by atoms with Gasteiger partial charge in [-0.3, -0.25) is 0 Å². The summed E-state index contributed by atoms with van der Waals surface area (Å²) in [5, 5.41) is 3.04. The van der Waals surface area contributed by atoms with Crippen molar-refractivity contribution in [3.63, 3.8) is 0 Å². The van der Waals surface area contributed by atoms with Crippen molar-refractivity contribution < 1.29 is 13.2 Å². The number of rotatable bonds is 5. The van der Waals surface area contributed by atoms with Gasteiger partial charge in [0.2, 0.25) is 5.95 Å². The van der Waals surface area contributed by atoms with Gasteiger partial charge in [0.15, 0.2) is 17.3 Å². The van der Waals surface area contributed by atoms with E-state index in [1.165, 1.54) is 24.4 Å². The third-order valence-electron chi connectivity index (χ3n) is 6.13. The van der Waals surface area contributed by atoms with E-state index in [1.807, 2.05) is 4.57 Å². The van der Waals surface area contributed by atoms with Gasteiger partial charge in [0.05, 0.1) is 11.8 Å². The molecule has 2 aromatic heterocycles. The minimum Gasteiger partial charge on any atom is -0.350 e. The molecule has 9 heteroatoms. The molecule has 0 saturated heterocycles. The minimum atomic E-state index is -0.951. The van der Waals surface area contributed by atoms with Crippen LogP contribution in [0.2, 0.25) is 0 Å². The smallest absolute Gasteiger partial charge is 0.225 e. The highest BCUT2D eigenvalue weighted by atomic mass is 19.2. The largest absolute Gasteiger partial charge is 0.350 e. The van der Waals surface area contributed by atoms with Crippen molar-refractivity contribution in [2.75, 3.05) is 5.32 Å². The molecular weight excluding hydrogens is 429 g/mol. The van der Waals surface area contributed by atoms with Gasteiger partial charge in [-0.1, -0.05) is 24.3 Å².